The van der Waals surface area contributed by atoms with E-state index in [0.717, 1.165) is 28.3 Å². The number of nitrogens with zero attached hydrogens (tertiary/aromatic N) is 3. The lowest BCUT2D eigenvalue weighted by atomic mass is 10.2. The van der Waals surface area contributed by atoms with Gasteiger partial charge in [0.1, 0.15) is 0 Å². The van der Waals surface area contributed by atoms with Crippen molar-refractivity contribution in [2.45, 2.75) is 0 Å². The van der Waals surface area contributed by atoms with Crippen LogP contribution in [-0.2, 0) is 0 Å². The summed E-state index contributed by atoms with van der Waals surface area (Å²) in [6.07, 6.45) is 1.87. The molecule has 0 fully saturated rings. The number of aromatic nitrogens is 2. The van der Waals surface area contributed by atoms with E-state index in [0.29, 0.717) is 0 Å². The Morgan fingerprint density at radius 2 is 1.32 bits per heavy atom. The molecule has 0 saturated carbocycles. The van der Waals surface area contributed by atoms with Gasteiger partial charge in [0.15, 0.2) is 5.82 Å². The molecule has 0 radical (unpaired) electrons. The second-order valence-corrected chi connectivity index (χ2v) is 5.67. The van der Waals surface area contributed by atoms with Crippen molar-refractivity contribution in [3.8, 4) is 16.9 Å². The van der Waals surface area contributed by atoms with Gasteiger partial charge in [0.05, 0.1) is 11.4 Å². The molecule has 1 heterocycles. The van der Waals surface area contributed by atoms with E-state index in [-0.39, 0.29) is 0 Å². The normalized spacial score (nSPS) is 11.0. The number of rotatable bonds is 4. The van der Waals surface area contributed by atoms with Crippen LogP contribution in [0.3, 0.4) is 0 Å². The minimum atomic E-state index is 0.800. The fourth-order valence-electron chi connectivity index (χ4n) is 2.65. The monoisotopic (exact) mass is 323 g/mol. The van der Waals surface area contributed by atoms with Crippen molar-refractivity contribution in [2.24, 2.45) is 4.99 Å². The van der Waals surface area contributed by atoms with Gasteiger partial charge in [0.2, 0.25) is 0 Å². The predicted octanol–water partition coefficient (Wildman–Crippen LogP) is 5.29. The molecule has 4 aromatic rings. The summed E-state index contributed by atoms with van der Waals surface area (Å²) >= 11 is 0. The molecule has 3 aromatic carbocycles. The van der Waals surface area contributed by atoms with E-state index < -0.39 is 0 Å². The topological polar surface area (TPSA) is 30.2 Å². The van der Waals surface area contributed by atoms with Gasteiger partial charge in [0.25, 0.3) is 0 Å². The Labute approximate surface area is 146 Å². The molecular formula is C22H17N3. The minimum absolute atomic E-state index is 0.800. The summed E-state index contributed by atoms with van der Waals surface area (Å²) in [5.74, 6) is 0.800. The fourth-order valence-corrected chi connectivity index (χ4v) is 2.65. The number of benzene rings is 3. The van der Waals surface area contributed by atoms with Gasteiger partial charge < -0.3 is 0 Å². The maximum absolute atomic E-state index is 4.77. The highest BCUT2D eigenvalue weighted by Crippen LogP contribution is 2.26. The van der Waals surface area contributed by atoms with E-state index >= 15 is 0 Å². The van der Waals surface area contributed by atoms with Gasteiger partial charge in [-0.05, 0) is 17.7 Å². The van der Waals surface area contributed by atoms with Gasteiger partial charge in [0, 0.05) is 17.8 Å². The number of hydrogen-bond acceptors (Lipinski definition) is 2. The first-order chi connectivity index (χ1) is 12.4. The molecule has 3 heteroatoms. The Hall–Kier alpha value is -3.46. The maximum atomic E-state index is 4.77. The molecule has 0 N–H and O–H groups in total. The summed E-state index contributed by atoms with van der Waals surface area (Å²) in [6.45, 7) is 0. The Balaban J connectivity index is 1.78. The molecule has 0 aliphatic carbocycles. The van der Waals surface area contributed by atoms with E-state index in [1.54, 1.807) is 0 Å². The minimum Gasteiger partial charge on any atom is -0.236 e. The molecule has 120 valence electrons. The van der Waals surface area contributed by atoms with Crippen LogP contribution in [0.5, 0.6) is 0 Å². The smallest absolute Gasteiger partial charge is 0.156 e. The van der Waals surface area contributed by atoms with Crippen LogP contribution in [0.25, 0.3) is 16.9 Å². The molecule has 0 saturated heterocycles. The van der Waals surface area contributed by atoms with E-state index in [4.69, 9.17) is 5.10 Å². The molecule has 3 nitrogen and oxygen atoms in total. The highest BCUT2D eigenvalue weighted by atomic mass is 15.3. The predicted molar refractivity (Wildman–Crippen MR) is 103 cm³/mol. The molecule has 0 aliphatic heterocycles. The Kier molecular flexibility index (Phi) is 4.21. The second-order valence-electron chi connectivity index (χ2n) is 5.67. The van der Waals surface area contributed by atoms with Crippen molar-refractivity contribution in [3.05, 3.63) is 103 Å². The summed E-state index contributed by atoms with van der Waals surface area (Å²) in [5, 5.41) is 4.77. The third kappa shape index (κ3) is 3.40. The van der Waals surface area contributed by atoms with Crippen molar-refractivity contribution in [1.82, 2.24) is 9.78 Å². The molecular weight excluding hydrogens is 306 g/mol. The number of hydrogen-bond donors (Lipinski definition) is 0. The largest absolute Gasteiger partial charge is 0.236 e. The molecule has 0 unspecified atom stereocenters. The van der Waals surface area contributed by atoms with Crippen molar-refractivity contribution >= 4 is 12.0 Å². The lowest BCUT2D eigenvalue weighted by Gasteiger charge is -2.03. The Bertz CT molecular complexity index is 972. The van der Waals surface area contributed by atoms with Crippen LogP contribution < -0.4 is 0 Å². The van der Waals surface area contributed by atoms with Crippen molar-refractivity contribution in [1.29, 1.82) is 0 Å². The van der Waals surface area contributed by atoms with Crippen LogP contribution in [0, 0.1) is 0 Å². The quantitative estimate of drug-likeness (QED) is 0.469. The Morgan fingerprint density at radius 3 is 2.00 bits per heavy atom. The first-order valence-electron chi connectivity index (χ1n) is 8.20. The van der Waals surface area contributed by atoms with Crippen LogP contribution in [0.2, 0.25) is 0 Å². The van der Waals surface area contributed by atoms with Crippen molar-refractivity contribution in [3.63, 3.8) is 0 Å². The van der Waals surface area contributed by atoms with Crippen LogP contribution >= 0.6 is 0 Å². The van der Waals surface area contributed by atoms with E-state index in [9.17, 15) is 0 Å². The van der Waals surface area contributed by atoms with Gasteiger partial charge in [-0.15, -0.1) is 0 Å². The van der Waals surface area contributed by atoms with Crippen molar-refractivity contribution < 1.29 is 0 Å². The van der Waals surface area contributed by atoms with E-state index in [2.05, 4.69) is 17.1 Å². The Morgan fingerprint density at radius 1 is 0.720 bits per heavy atom. The van der Waals surface area contributed by atoms with Gasteiger partial charge in [-0.2, -0.15) is 5.10 Å². The summed E-state index contributed by atoms with van der Waals surface area (Å²) in [5.41, 5.74) is 4.03. The summed E-state index contributed by atoms with van der Waals surface area (Å²) < 4.78 is 1.88. The molecule has 0 atom stereocenters. The maximum Gasteiger partial charge on any atom is 0.156 e. The highest BCUT2D eigenvalue weighted by Gasteiger charge is 2.10. The molecule has 0 aliphatic rings. The van der Waals surface area contributed by atoms with E-state index in [1.807, 2.05) is 95.8 Å². The van der Waals surface area contributed by atoms with Gasteiger partial charge >= 0.3 is 0 Å². The fraction of sp³-hybridized carbons (Fsp3) is 0. The first-order valence-corrected chi connectivity index (χ1v) is 8.20. The zero-order valence-corrected chi connectivity index (χ0v) is 13.7. The molecule has 25 heavy (non-hydrogen) atoms. The number of para-hydroxylation sites is 1. The van der Waals surface area contributed by atoms with Crippen LogP contribution in [0.4, 0.5) is 5.82 Å². The van der Waals surface area contributed by atoms with Crippen LogP contribution in [-0.4, -0.2) is 16.0 Å². The molecule has 1 aromatic heterocycles. The zero-order valence-electron chi connectivity index (χ0n) is 13.7. The molecule has 0 spiro atoms. The summed E-state index contributed by atoms with van der Waals surface area (Å²) in [6, 6.07) is 32.3. The van der Waals surface area contributed by atoms with Crippen LogP contribution in [0.1, 0.15) is 5.56 Å². The summed E-state index contributed by atoms with van der Waals surface area (Å²) in [4.78, 5) is 4.67. The first kappa shape index (κ1) is 15.1. The number of aliphatic imine (C=N–C) groups is 1. The SMILES string of the molecule is C(=N\c1cc(-c2ccccc2)nn1-c1ccccc1)/c1ccccc1. The molecule has 4 rings (SSSR count). The lowest BCUT2D eigenvalue weighted by Crippen LogP contribution is -1.96. The summed E-state index contributed by atoms with van der Waals surface area (Å²) in [7, 11) is 0. The third-order valence-corrected chi connectivity index (χ3v) is 3.91. The van der Waals surface area contributed by atoms with Crippen LogP contribution in [0.15, 0.2) is 102 Å². The average Bonchev–Trinajstić information content (AvgIpc) is 3.13. The average molecular weight is 323 g/mol. The van der Waals surface area contributed by atoms with Gasteiger partial charge in [-0.25, -0.2) is 9.67 Å². The highest BCUT2D eigenvalue weighted by molar-refractivity contribution is 5.82. The van der Waals surface area contributed by atoms with Crippen molar-refractivity contribution in [2.75, 3.05) is 0 Å². The second kappa shape index (κ2) is 6.97. The van der Waals surface area contributed by atoms with E-state index in [1.165, 1.54) is 0 Å². The molecule has 0 amide bonds. The van der Waals surface area contributed by atoms with Gasteiger partial charge in [-0.1, -0.05) is 78.9 Å². The zero-order chi connectivity index (χ0) is 16.9. The third-order valence-electron chi connectivity index (χ3n) is 3.91. The lowest BCUT2D eigenvalue weighted by molar-refractivity contribution is 0.885. The standard InChI is InChI=1S/C22H17N3/c1-4-10-18(11-5-1)17-23-22-16-21(19-12-6-2-7-13-19)24-25(22)20-14-8-3-9-15-20/h1-17H/b23-17+. The van der Waals surface area contributed by atoms with Gasteiger partial charge in [-0.3, -0.25) is 0 Å². The molecule has 0 bridgehead atoms.